The molecule has 2 nitrogen and oxygen atoms in total. The Kier molecular flexibility index (Phi) is 4.50. The highest BCUT2D eigenvalue weighted by atomic mass is 16.1. The summed E-state index contributed by atoms with van der Waals surface area (Å²) >= 11 is 0. The van der Waals surface area contributed by atoms with Gasteiger partial charge in [-0.05, 0) is 11.1 Å². The summed E-state index contributed by atoms with van der Waals surface area (Å²) < 4.78 is 0. The van der Waals surface area contributed by atoms with Crippen LogP contribution < -0.4 is 0 Å². The Bertz CT molecular complexity index is 623. The van der Waals surface area contributed by atoms with Gasteiger partial charge < -0.3 is 4.79 Å². The van der Waals surface area contributed by atoms with Gasteiger partial charge in [-0.25, -0.2) is 0 Å². The SMILES string of the molecule is C=C[C@H]1CN(Cc2ccccc2)[C@H](c2ccccc2)[C@H]1C=O. The topological polar surface area (TPSA) is 20.3 Å². The van der Waals surface area contributed by atoms with Crippen molar-refractivity contribution in [3.05, 3.63) is 84.4 Å². The minimum atomic E-state index is -0.0244. The van der Waals surface area contributed by atoms with Crippen molar-refractivity contribution in [1.82, 2.24) is 4.90 Å². The van der Waals surface area contributed by atoms with E-state index in [4.69, 9.17) is 0 Å². The van der Waals surface area contributed by atoms with Gasteiger partial charge in [-0.3, -0.25) is 4.90 Å². The summed E-state index contributed by atoms with van der Waals surface area (Å²) in [5, 5.41) is 0. The number of likely N-dealkylation sites (tertiary alicyclic amines) is 1. The summed E-state index contributed by atoms with van der Waals surface area (Å²) in [6.07, 6.45) is 3.04. The third-order valence-corrected chi connectivity index (χ3v) is 4.53. The van der Waals surface area contributed by atoms with Crippen molar-refractivity contribution in [3.8, 4) is 0 Å². The third-order valence-electron chi connectivity index (χ3n) is 4.53. The zero-order chi connectivity index (χ0) is 15.4. The van der Waals surface area contributed by atoms with Crippen molar-refractivity contribution in [1.29, 1.82) is 0 Å². The van der Waals surface area contributed by atoms with Crippen LogP contribution in [-0.2, 0) is 11.3 Å². The average Bonchev–Trinajstić information content (AvgIpc) is 2.94. The van der Waals surface area contributed by atoms with Crippen LogP contribution in [0.1, 0.15) is 17.2 Å². The molecule has 0 aliphatic carbocycles. The second-order valence-electron chi connectivity index (χ2n) is 5.88. The number of rotatable bonds is 5. The molecule has 1 aliphatic rings. The van der Waals surface area contributed by atoms with Crippen LogP contribution in [0.5, 0.6) is 0 Å². The molecule has 0 bridgehead atoms. The molecule has 1 fully saturated rings. The van der Waals surface area contributed by atoms with E-state index in [1.54, 1.807) is 0 Å². The van der Waals surface area contributed by atoms with Crippen LogP contribution in [0, 0.1) is 11.8 Å². The van der Waals surface area contributed by atoms with Gasteiger partial charge in [0.15, 0.2) is 0 Å². The van der Waals surface area contributed by atoms with E-state index in [2.05, 4.69) is 47.9 Å². The molecule has 2 heteroatoms. The van der Waals surface area contributed by atoms with E-state index >= 15 is 0 Å². The van der Waals surface area contributed by atoms with Gasteiger partial charge in [0.1, 0.15) is 6.29 Å². The summed E-state index contributed by atoms with van der Waals surface area (Å²) in [7, 11) is 0. The van der Waals surface area contributed by atoms with E-state index in [9.17, 15) is 4.79 Å². The fourth-order valence-corrected chi connectivity index (χ4v) is 3.45. The lowest BCUT2D eigenvalue weighted by molar-refractivity contribution is -0.112. The smallest absolute Gasteiger partial charge is 0.125 e. The van der Waals surface area contributed by atoms with Crippen LogP contribution in [0.25, 0.3) is 0 Å². The number of aldehydes is 1. The van der Waals surface area contributed by atoms with Crippen LogP contribution >= 0.6 is 0 Å². The number of carbonyl (C=O) groups is 1. The monoisotopic (exact) mass is 291 g/mol. The highest BCUT2D eigenvalue weighted by molar-refractivity contribution is 5.58. The predicted octanol–water partition coefficient (Wildman–Crippen LogP) is 3.86. The Balaban J connectivity index is 1.92. The average molecular weight is 291 g/mol. The number of carbonyl (C=O) groups excluding carboxylic acids is 1. The first-order valence-electron chi connectivity index (χ1n) is 7.74. The lowest BCUT2D eigenvalue weighted by atomic mass is 9.88. The number of benzene rings is 2. The van der Waals surface area contributed by atoms with E-state index in [0.29, 0.717) is 0 Å². The molecule has 0 N–H and O–H groups in total. The Labute approximate surface area is 132 Å². The Morgan fingerprint density at radius 2 is 1.68 bits per heavy atom. The molecule has 1 heterocycles. The van der Waals surface area contributed by atoms with Gasteiger partial charge in [0, 0.05) is 31.0 Å². The van der Waals surface area contributed by atoms with Crippen LogP contribution in [0.2, 0.25) is 0 Å². The number of nitrogens with zero attached hydrogens (tertiary/aromatic N) is 1. The van der Waals surface area contributed by atoms with Crippen LogP contribution in [0.4, 0.5) is 0 Å². The molecule has 1 aliphatic heterocycles. The van der Waals surface area contributed by atoms with Gasteiger partial charge in [0.2, 0.25) is 0 Å². The van der Waals surface area contributed by atoms with Crippen molar-refractivity contribution < 1.29 is 4.79 Å². The lowest BCUT2D eigenvalue weighted by Crippen LogP contribution is -2.25. The van der Waals surface area contributed by atoms with Gasteiger partial charge >= 0.3 is 0 Å². The second kappa shape index (κ2) is 6.71. The molecule has 0 unspecified atom stereocenters. The molecule has 3 atom stereocenters. The minimum Gasteiger partial charge on any atom is -0.303 e. The second-order valence-corrected chi connectivity index (χ2v) is 5.88. The first kappa shape index (κ1) is 14.7. The fourth-order valence-electron chi connectivity index (χ4n) is 3.45. The summed E-state index contributed by atoms with van der Waals surface area (Å²) in [4.78, 5) is 14.1. The first-order valence-corrected chi connectivity index (χ1v) is 7.74. The van der Waals surface area contributed by atoms with E-state index in [1.165, 1.54) is 11.1 Å². The van der Waals surface area contributed by atoms with E-state index < -0.39 is 0 Å². The maximum absolute atomic E-state index is 11.7. The van der Waals surface area contributed by atoms with Crippen molar-refractivity contribution in [2.24, 2.45) is 11.8 Å². The van der Waals surface area contributed by atoms with Gasteiger partial charge in [0.25, 0.3) is 0 Å². The molecule has 0 radical (unpaired) electrons. The zero-order valence-corrected chi connectivity index (χ0v) is 12.6. The summed E-state index contributed by atoms with van der Waals surface area (Å²) in [5.41, 5.74) is 2.48. The fraction of sp³-hybridized carbons (Fsp3) is 0.250. The molecular weight excluding hydrogens is 270 g/mol. The van der Waals surface area contributed by atoms with Gasteiger partial charge in [-0.15, -0.1) is 6.58 Å². The molecule has 0 aromatic heterocycles. The van der Waals surface area contributed by atoms with Crippen LogP contribution in [0.15, 0.2) is 73.3 Å². The van der Waals surface area contributed by atoms with Crippen molar-refractivity contribution in [2.75, 3.05) is 6.54 Å². The molecule has 0 spiro atoms. The van der Waals surface area contributed by atoms with Gasteiger partial charge in [-0.2, -0.15) is 0 Å². The van der Waals surface area contributed by atoms with E-state index in [-0.39, 0.29) is 17.9 Å². The maximum atomic E-state index is 11.7. The Morgan fingerprint density at radius 3 is 2.27 bits per heavy atom. The first-order chi connectivity index (χ1) is 10.8. The van der Waals surface area contributed by atoms with E-state index in [0.717, 1.165) is 19.4 Å². The molecule has 1 saturated heterocycles. The van der Waals surface area contributed by atoms with Gasteiger partial charge in [0.05, 0.1) is 0 Å². The minimum absolute atomic E-state index is 0.0244. The maximum Gasteiger partial charge on any atom is 0.125 e. The van der Waals surface area contributed by atoms with Crippen LogP contribution in [0.3, 0.4) is 0 Å². The lowest BCUT2D eigenvalue weighted by Gasteiger charge is -2.26. The zero-order valence-electron chi connectivity index (χ0n) is 12.6. The molecule has 2 aromatic carbocycles. The van der Waals surface area contributed by atoms with Crippen LogP contribution in [-0.4, -0.2) is 17.7 Å². The summed E-state index contributed by atoms with van der Waals surface area (Å²) in [6, 6.07) is 20.9. The summed E-state index contributed by atoms with van der Waals surface area (Å²) in [6.45, 7) is 5.66. The molecule has 0 amide bonds. The van der Waals surface area contributed by atoms with Crippen molar-refractivity contribution in [3.63, 3.8) is 0 Å². The Hall–Kier alpha value is -2.19. The third kappa shape index (κ3) is 2.88. The standard InChI is InChI=1S/C20H21NO/c1-2-17-14-21(13-16-9-5-3-6-10-16)20(19(17)15-22)18-11-7-4-8-12-18/h2-12,15,17,19-20H,1,13-14H2/t17-,19-,20+/m0/s1. The molecular formula is C20H21NO. The Morgan fingerprint density at radius 1 is 1.05 bits per heavy atom. The van der Waals surface area contributed by atoms with Crippen molar-refractivity contribution >= 4 is 6.29 Å². The number of hydrogen-bond donors (Lipinski definition) is 0. The quantitative estimate of drug-likeness (QED) is 0.616. The van der Waals surface area contributed by atoms with Crippen molar-refractivity contribution in [2.45, 2.75) is 12.6 Å². The van der Waals surface area contributed by atoms with Gasteiger partial charge in [-0.1, -0.05) is 66.7 Å². The normalized spacial score (nSPS) is 25.0. The summed E-state index contributed by atoms with van der Waals surface area (Å²) in [5.74, 6) is 0.190. The molecule has 0 saturated carbocycles. The molecule has 22 heavy (non-hydrogen) atoms. The largest absolute Gasteiger partial charge is 0.303 e. The number of hydrogen-bond acceptors (Lipinski definition) is 2. The molecule has 3 rings (SSSR count). The highest BCUT2D eigenvalue weighted by Gasteiger charge is 2.40. The van der Waals surface area contributed by atoms with E-state index in [1.807, 2.05) is 30.3 Å². The highest BCUT2D eigenvalue weighted by Crippen LogP contribution is 2.41. The molecule has 112 valence electrons. The predicted molar refractivity (Wildman–Crippen MR) is 89.3 cm³/mol. The molecule has 2 aromatic rings.